The fourth-order valence-electron chi connectivity index (χ4n) is 9.05. The second-order valence-electron chi connectivity index (χ2n) is 13.6. The average molecular weight is 554 g/mol. The minimum atomic E-state index is 0.0292. The minimum Gasteiger partial charge on any atom is -0.396 e. The Kier molecular flexibility index (Phi) is 13.5. The molecule has 0 bridgehead atoms. The van der Waals surface area contributed by atoms with E-state index < -0.39 is 0 Å². The predicted molar refractivity (Wildman–Crippen MR) is 159 cm³/mol. The Hall–Kier alpha value is -0.280. The van der Waals surface area contributed by atoms with Gasteiger partial charge in [-0.25, -0.2) is 0 Å². The van der Waals surface area contributed by atoms with Gasteiger partial charge < -0.3 is 36.5 Å². The molecule has 7 nitrogen and oxygen atoms in total. The monoisotopic (exact) mass is 553 g/mol. The maximum atomic E-state index is 10.3. The number of aliphatic hydroxyl groups excluding tert-OH is 1. The zero-order valence-electron chi connectivity index (χ0n) is 25.8. The molecule has 7 heteroatoms. The van der Waals surface area contributed by atoms with Gasteiger partial charge in [-0.15, -0.1) is 0 Å². The van der Waals surface area contributed by atoms with Gasteiger partial charge in [-0.1, -0.05) is 27.7 Å². The van der Waals surface area contributed by atoms with Crippen molar-refractivity contribution >= 4 is 0 Å². The van der Waals surface area contributed by atoms with Crippen molar-refractivity contribution in [3.63, 3.8) is 0 Å². The van der Waals surface area contributed by atoms with Crippen LogP contribution in [0.15, 0.2) is 0 Å². The van der Waals surface area contributed by atoms with Gasteiger partial charge in [0.2, 0.25) is 0 Å². The first kappa shape index (κ1) is 33.2. The Morgan fingerprint density at radius 3 is 2.05 bits per heavy atom. The molecular weight excluding hydrogens is 490 g/mol. The molecule has 3 aliphatic carbocycles. The van der Waals surface area contributed by atoms with Gasteiger partial charge in [0.15, 0.2) is 0 Å². The number of rotatable bonds is 17. The molecule has 1 unspecified atom stereocenters. The summed E-state index contributed by atoms with van der Waals surface area (Å²) >= 11 is 0. The Labute approximate surface area is 239 Å². The summed E-state index contributed by atoms with van der Waals surface area (Å²) in [5.74, 6) is 2.28. The molecule has 8 atom stereocenters. The highest BCUT2D eigenvalue weighted by atomic mass is 16.5. The highest BCUT2D eigenvalue weighted by molar-refractivity contribution is 5.12. The first-order chi connectivity index (χ1) is 18.8. The SMILES string of the molecule is CC[C@@H](OCCCN)C1[C@@H]2CC[C@H]([C@H](C)CO)[C@@]2(C)[C@@H](OCCCN)C[C@@H]1[C@]1(C)CC[C@H](OCCCN)CC1. The van der Waals surface area contributed by atoms with E-state index in [0.29, 0.717) is 49.4 Å². The molecule has 230 valence electrons. The zero-order chi connectivity index (χ0) is 28.5. The number of ether oxygens (including phenoxy) is 3. The van der Waals surface area contributed by atoms with Crippen LogP contribution in [0.4, 0.5) is 0 Å². The summed E-state index contributed by atoms with van der Waals surface area (Å²) in [6.45, 7) is 14.1. The van der Waals surface area contributed by atoms with Crippen LogP contribution in [0.2, 0.25) is 0 Å². The molecule has 3 aliphatic rings. The predicted octanol–water partition coefficient (Wildman–Crippen LogP) is 4.48. The Balaban J connectivity index is 1.94. The standard InChI is InChI=1S/C32H63N3O4/c1-5-28(38-19-7-16-34)30-26-10-9-25(23(2)22-36)32(26,4)29(39-20-8-17-35)21-27(30)31(3)13-11-24(12-14-31)37-18-6-15-33/h23-30,36H,5-22,33-35H2,1-4H3/t23-,24-,25-,26+,27+,28-,29+,30?,31+,32-/m1/s1. The molecule has 0 radical (unpaired) electrons. The van der Waals surface area contributed by atoms with Crippen LogP contribution in [0, 0.1) is 40.4 Å². The third kappa shape index (κ3) is 7.57. The molecule has 0 spiro atoms. The topological polar surface area (TPSA) is 126 Å². The number of aliphatic hydroxyl groups is 1. The lowest BCUT2D eigenvalue weighted by Crippen LogP contribution is -2.59. The summed E-state index contributed by atoms with van der Waals surface area (Å²) < 4.78 is 19.7. The Morgan fingerprint density at radius 1 is 0.846 bits per heavy atom. The number of fused-ring (bicyclic) bond motifs is 1. The highest BCUT2D eigenvalue weighted by Gasteiger charge is 2.63. The smallest absolute Gasteiger partial charge is 0.0637 e. The molecule has 0 saturated heterocycles. The summed E-state index contributed by atoms with van der Waals surface area (Å²) in [6, 6.07) is 0. The van der Waals surface area contributed by atoms with Crippen molar-refractivity contribution in [1.29, 1.82) is 0 Å². The van der Waals surface area contributed by atoms with E-state index in [2.05, 4.69) is 27.7 Å². The van der Waals surface area contributed by atoms with Crippen LogP contribution >= 0.6 is 0 Å². The maximum absolute atomic E-state index is 10.3. The van der Waals surface area contributed by atoms with Gasteiger partial charge in [-0.2, -0.15) is 0 Å². The van der Waals surface area contributed by atoms with Crippen molar-refractivity contribution < 1.29 is 19.3 Å². The van der Waals surface area contributed by atoms with Crippen molar-refractivity contribution in [2.24, 2.45) is 57.6 Å². The van der Waals surface area contributed by atoms with Gasteiger partial charge in [0.1, 0.15) is 0 Å². The van der Waals surface area contributed by atoms with E-state index >= 15 is 0 Å². The quantitative estimate of drug-likeness (QED) is 0.196. The van der Waals surface area contributed by atoms with Gasteiger partial charge in [0.25, 0.3) is 0 Å². The van der Waals surface area contributed by atoms with E-state index in [-0.39, 0.29) is 35.6 Å². The van der Waals surface area contributed by atoms with Gasteiger partial charge in [0, 0.05) is 31.8 Å². The molecule has 7 N–H and O–H groups in total. The lowest BCUT2D eigenvalue weighted by Gasteiger charge is -2.60. The molecular formula is C32H63N3O4. The second kappa shape index (κ2) is 15.8. The van der Waals surface area contributed by atoms with Crippen LogP contribution in [0.25, 0.3) is 0 Å². The van der Waals surface area contributed by atoms with Crippen molar-refractivity contribution in [2.75, 3.05) is 46.1 Å². The lowest BCUT2D eigenvalue weighted by molar-refractivity contribution is -0.192. The zero-order valence-corrected chi connectivity index (χ0v) is 25.8. The van der Waals surface area contributed by atoms with E-state index in [4.69, 9.17) is 31.4 Å². The molecule has 3 rings (SSSR count). The minimum absolute atomic E-state index is 0.0292. The fraction of sp³-hybridized carbons (Fsp3) is 1.00. The third-order valence-electron chi connectivity index (χ3n) is 11.3. The molecule has 3 saturated carbocycles. The van der Waals surface area contributed by atoms with Crippen molar-refractivity contribution in [3.8, 4) is 0 Å². The van der Waals surface area contributed by atoms with Crippen molar-refractivity contribution in [1.82, 2.24) is 0 Å². The Bertz CT molecular complexity index is 688. The molecule has 0 aromatic carbocycles. The fourth-order valence-corrected chi connectivity index (χ4v) is 9.05. The molecule has 0 aromatic rings. The van der Waals surface area contributed by atoms with Crippen LogP contribution in [-0.4, -0.2) is 69.5 Å². The highest BCUT2D eigenvalue weighted by Crippen LogP contribution is 2.66. The second-order valence-corrected chi connectivity index (χ2v) is 13.6. The van der Waals surface area contributed by atoms with E-state index in [1.807, 2.05) is 0 Å². The molecule has 0 aliphatic heterocycles. The van der Waals surface area contributed by atoms with Crippen LogP contribution in [0.5, 0.6) is 0 Å². The number of hydrogen-bond donors (Lipinski definition) is 4. The van der Waals surface area contributed by atoms with Crippen LogP contribution in [-0.2, 0) is 14.2 Å². The molecule has 39 heavy (non-hydrogen) atoms. The first-order valence-corrected chi connectivity index (χ1v) is 16.4. The molecule has 3 fully saturated rings. The lowest BCUT2D eigenvalue weighted by atomic mass is 9.48. The van der Waals surface area contributed by atoms with Crippen LogP contribution in [0.3, 0.4) is 0 Å². The number of hydrogen-bond acceptors (Lipinski definition) is 7. The van der Waals surface area contributed by atoms with Gasteiger partial charge in [-0.3, -0.25) is 0 Å². The summed E-state index contributed by atoms with van der Waals surface area (Å²) in [6.07, 6.45) is 12.6. The summed E-state index contributed by atoms with van der Waals surface area (Å²) in [5.41, 5.74) is 17.7. The largest absolute Gasteiger partial charge is 0.396 e. The van der Waals surface area contributed by atoms with Gasteiger partial charge >= 0.3 is 0 Å². The summed E-state index contributed by atoms with van der Waals surface area (Å²) in [5, 5.41) is 10.3. The first-order valence-electron chi connectivity index (χ1n) is 16.4. The Morgan fingerprint density at radius 2 is 1.46 bits per heavy atom. The normalized spacial score (nSPS) is 38.5. The van der Waals surface area contributed by atoms with Gasteiger partial charge in [-0.05, 0) is 125 Å². The summed E-state index contributed by atoms with van der Waals surface area (Å²) in [7, 11) is 0. The van der Waals surface area contributed by atoms with E-state index in [9.17, 15) is 5.11 Å². The van der Waals surface area contributed by atoms with E-state index in [0.717, 1.165) is 71.2 Å². The van der Waals surface area contributed by atoms with Crippen LogP contribution in [0.1, 0.15) is 98.3 Å². The summed E-state index contributed by atoms with van der Waals surface area (Å²) in [4.78, 5) is 0. The average Bonchev–Trinajstić information content (AvgIpc) is 3.30. The number of nitrogens with two attached hydrogens (primary N) is 3. The molecule has 0 aromatic heterocycles. The van der Waals surface area contributed by atoms with Gasteiger partial charge in [0.05, 0.1) is 18.3 Å². The molecule has 0 heterocycles. The van der Waals surface area contributed by atoms with E-state index in [1.54, 1.807) is 0 Å². The van der Waals surface area contributed by atoms with Crippen molar-refractivity contribution in [2.45, 2.75) is 117 Å². The molecule has 0 amide bonds. The maximum Gasteiger partial charge on any atom is 0.0637 e. The third-order valence-corrected chi connectivity index (χ3v) is 11.3. The van der Waals surface area contributed by atoms with Crippen LogP contribution < -0.4 is 17.2 Å². The van der Waals surface area contributed by atoms with E-state index in [1.165, 1.54) is 19.3 Å². The van der Waals surface area contributed by atoms with Crippen molar-refractivity contribution in [3.05, 3.63) is 0 Å².